The van der Waals surface area contributed by atoms with Gasteiger partial charge in [-0.1, -0.05) is 12.1 Å². The van der Waals surface area contributed by atoms with Crippen LogP contribution in [0.15, 0.2) is 24.3 Å². The highest BCUT2D eigenvalue weighted by molar-refractivity contribution is 5.30. The maximum absolute atomic E-state index is 5.50. The minimum absolute atomic E-state index is 0.522. The zero-order valence-corrected chi connectivity index (χ0v) is 11.4. The highest BCUT2D eigenvalue weighted by atomic mass is 16.5. The first-order valence-corrected chi connectivity index (χ1v) is 7.21. The first-order valence-electron chi connectivity index (χ1n) is 7.21. The van der Waals surface area contributed by atoms with Crippen LogP contribution in [0.2, 0.25) is 0 Å². The molecule has 0 aliphatic heterocycles. The van der Waals surface area contributed by atoms with Crippen molar-refractivity contribution in [2.45, 2.75) is 32.2 Å². The van der Waals surface area contributed by atoms with E-state index in [0.717, 1.165) is 30.1 Å². The molecule has 0 bridgehead atoms. The van der Waals surface area contributed by atoms with E-state index in [2.05, 4.69) is 36.6 Å². The van der Waals surface area contributed by atoms with E-state index >= 15 is 0 Å². The van der Waals surface area contributed by atoms with Gasteiger partial charge < -0.3 is 10.1 Å². The van der Waals surface area contributed by atoms with E-state index in [9.17, 15) is 0 Å². The van der Waals surface area contributed by atoms with E-state index in [-0.39, 0.29) is 0 Å². The fourth-order valence-electron chi connectivity index (χ4n) is 3.65. The Morgan fingerprint density at radius 2 is 1.83 bits per heavy atom. The fraction of sp³-hybridized carbons (Fsp3) is 0.625. The van der Waals surface area contributed by atoms with Gasteiger partial charge in [0.2, 0.25) is 0 Å². The first kappa shape index (κ1) is 12.0. The molecule has 3 unspecified atom stereocenters. The van der Waals surface area contributed by atoms with Gasteiger partial charge >= 0.3 is 0 Å². The Balaban J connectivity index is 1.70. The molecule has 0 amide bonds. The van der Waals surface area contributed by atoms with Gasteiger partial charge in [0.15, 0.2) is 0 Å². The van der Waals surface area contributed by atoms with Crippen molar-refractivity contribution in [3.8, 4) is 5.75 Å². The minimum Gasteiger partial charge on any atom is -0.494 e. The van der Waals surface area contributed by atoms with Crippen LogP contribution in [0.4, 0.5) is 0 Å². The fourth-order valence-corrected chi connectivity index (χ4v) is 3.65. The van der Waals surface area contributed by atoms with Gasteiger partial charge in [-0.2, -0.15) is 0 Å². The van der Waals surface area contributed by atoms with Crippen molar-refractivity contribution in [2.75, 3.05) is 13.7 Å². The maximum atomic E-state index is 5.50. The van der Waals surface area contributed by atoms with Crippen LogP contribution in [0, 0.1) is 17.8 Å². The van der Waals surface area contributed by atoms with Crippen molar-refractivity contribution in [2.24, 2.45) is 17.8 Å². The molecule has 2 fully saturated rings. The quantitative estimate of drug-likeness (QED) is 0.858. The van der Waals surface area contributed by atoms with E-state index < -0.39 is 0 Å². The third-order valence-electron chi connectivity index (χ3n) is 4.61. The Hall–Kier alpha value is -1.02. The monoisotopic (exact) mass is 245 g/mol. The van der Waals surface area contributed by atoms with Gasteiger partial charge in [-0.15, -0.1) is 0 Å². The number of rotatable bonds is 5. The number of benzene rings is 1. The maximum Gasteiger partial charge on any atom is 0.119 e. The summed E-state index contributed by atoms with van der Waals surface area (Å²) in [5, 5.41) is 3.51. The predicted molar refractivity (Wildman–Crippen MR) is 73.7 cm³/mol. The molecule has 1 N–H and O–H groups in total. The molecule has 0 radical (unpaired) electrons. The van der Waals surface area contributed by atoms with Crippen molar-refractivity contribution in [1.82, 2.24) is 5.32 Å². The highest BCUT2D eigenvalue weighted by Gasteiger charge is 2.47. The van der Waals surface area contributed by atoms with Crippen LogP contribution in [-0.4, -0.2) is 13.7 Å². The molecule has 2 aliphatic rings. The lowest BCUT2D eigenvalue weighted by Gasteiger charge is -2.25. The zero-order chi connectivity index (χ0) is 12.5. The molecule has 3 atom stereocenters. The lowest BCUT2D eigenvalue weighted by atomic mass is 9.89. The van der Waals surface area contributed by atoms with Crippen molar-refractivity contribution in [3.05, 3.63) is 29.8 Å². The molecule has 0 heterocycles. The topological polar surface area (TPSA) is 21.3 Å². The number of fused-ring (bicyclic) bond motifs is 1. The lowest BCUT2D eigenvalue weighted by Crippen LogP contribution is -2.24. The van der Waals surface area contributed by atoms with Crippen LogP contribution in [0.25, 0.3) is 0 Å². The van der Waals surface area contributed by atoms with Gasteiger partial charge in [-0.05, 0) is 68.7 Å². The normalized spacial score (nSPS) is 30.9. The SMILES string of the molecule is CCOc1ccc(C(NC)C2CC3CC3C2)cc1. The predicted octanol–water partition coefficient (Wildman–Crippen LogP) is 3.39. The molecule has 98 valence electrons. The van der Waals surface area contributed by atoms with Crippen molar-refractivity contribution >= 4 is 0 Å². The average Bonchev–Trinajstić information content (AvgIpc) is 3.00. The Labute approximate surface area is 110 Å². The van der Waals surface area contributed by atoms with Crippen LogP contribution >= 0.6 is 0 Å². The molecule has 2 heteroatoms. The number of hydrogen-bond acceptors (Lipinski definition) is 2. The molecular weight excluding hydrogens is 222 g/mol. The van der Waals surface area contributed by atoms with E-state index in [1.54, 1.807) is 0 Å². The number of nitrogens with one attached hydrogen (secondary N) is 1. The Morgan fingerprint density at radius 1 is 1.17 bits per heavy atom. The molecule has 3 rings (SSSR count). The van der Waals surface area contributed by atoms with Crippen LogP contribution in [0.3, 0.4) is 0 Å². The minimum atomic E-state index is 0.522. The second-order valence-electron chi connectivity index (χ2n) is 5.76. The molecule has 2 nitrogen and oxygen atoms in total. The van der Waals surface area contributed by atoms with Crippen molar-refractivity contribution in [1.29, 1.82) is 0 Å². The summed E-state index contributed by atoms with van der Waals surface area (Å²) in [5.41, 5.74) is 1.41. The number of hydrogen-bond donors (Lipinski definition) is 1. The van der Waals surface area contributed by atoms with Crippen LogP contribution < -0.4 is 10.1 Å². The van der Waals surface area contributed by atoms with Gasteiger partial charge in [0.05, 0.1) is 6.61 Å². The average molecular weight is 245 g/mol. The van der Waals surface area contributed by atoms with Gasteiger partial charge in [0.25, 0.3) is 0 Å². The van der Waals surface area contributed by atoms with Crippen molar-refractivity contribution < 1.29 is 4.74 Å². The summed E-state index contributed by atoms with van der Waals surface area (Å²) in [4.78, 5) is 0. The Bertz CT molecular complexity index is 390. The van der Waals surface area contributed by atoms with Crippen molar-refractivity contribution in [3.63, 3.8) is 0 Å². The molecule has 2 saturated carbocycles. The van der Waals surface area contributed by atoms with E-state index in [0.29, 0.717) is 6.04 Å². The van der Waals surface area contributed by atoms with Gasteiger partial charge in [-0.3, -0.25) is 0 Å². The Kier molecular flexibility index (Phi) is 3.29. The standard InChI is InChI=1S/C16H23NO/c1-3-18-15-6-4-11(5-7-15)16(17-2)14-9-12-8-13(12)10-14/h4-7,12-14,16-17H,3,8-10H2,1-2H3. The summed E-state index contributed by atoms with van der Waals surface area (Å²) >= 11 is 0. The molecule has 0 aromatic heterocycles. The van der Waals surface area contributed by atoms with Gasteiger partial charge in [-0.25, -0.2) is 0 Å². The van der Waals surface area contributed by atoms with E-state index in [1.165, 1.54) is 24.8 Å². The second kappa shape index (κ2) is 4.93. The molecule has 2 aliphatic carbocycles. The second-order valence-corrected chi connectivity index (χ2v) is 5.76. The lowest BCUT2D eigenvalue weighted by molar-refractivity contribution is 0.338. The Morgan fingerprint density at radius 3 is 2.39 bits per heavy atom. The van der Waals surface area contributed by atoms with Crippen LogP contribution in [-0.2, 0) is 0 Å². The molecule has 0 saturated heterocycles. The molecule has 18 heavy (non-hydrogen) atoms. The van der Waals surface area contributed by atoms with Crippen LogP contribution in [0.1, 0.15) is 37.8 Å². The molecular formula is C16H23NO. The summed E-state index contributed by atoms with van der Waals surface area (Å²) in [6.45, 7) is 2.76. The third-order valence-corrected chi connectivity index (χ3v) is 4.61. The molecule has 1 aromatic carbocycles. The van der Waals surface area contributed by atoms with E-state index in [1.807, 2.05) is 6.92 Å². The molecule has 0 spiro atoms. The summed E-state index contributed by atoms with van der Waals surface area (Å²) in [5.74, 6) is 3.91. The summed E-state index contributed by atoms with van der Waals surface area (Å²) in [7, 11) is 2.09. The van der Waals surface area contributed by atoms with E-state index in [4.69, 9.17) is 4.74 Å². The summed E-state index contributed by atoms with van der Waals surface area (Å²) in [6.07, 6.45) is 4.34. The third kappa shape index (κ3) is 2.26. The van der Waals surface area contributed by atoms with Gasteiger partial charge in [0.1, 0.15) is 5.75 Å². The van der Waals surface area contributed by atoms with Crippen LogP contribution in [0.5, 0.6) is 5.75 Å². The number of ether oxygens (including phenoxy) is 1. The highest BCUT2D eigenvalue weighted by Crippen LogP contribution is 2.57. The first-order chi connectivity index (χ1) is 8.81. The van der Waals surface area contributed by atoms with Gasteiger partial charge in [0, 0.05) is 6.04 Å². The smallest absolute Gasteiger partial charge is 0.119 e. The molecule has 1 aromatic rings. The summed E-state index contributed by atoms with van der Waals surface area (Å²) in [6, 6.07) is 9.15. The largest absolute Gasteiger partial charge is 0.494 e. The zero-order valence-electron chi connectivity index (χ0n) is 11.4. The summed E-state index contributed by atoms with van der Waals surface area (Å²) < 4.78 is 5.50.